The molecule has 0 atom stereocenters. The Kier molecular flexibility index (Phi) is 4.24. The van der Waals surface area contributed by atoms with Crippen LogP contribution in [0.5, 0.6) is 0 Å². The Labute approximate surface area is 130 Å². The summed E-state index contributed by atoms with van der Waals surface area (Å²) in [6.07, 6.45) is 0. The minimum absolute atomic E-state index is 0.266. The lowest BCUT2D eigenvalue weighted by molar-refractivity contribution is 0.103. The summed E-state index contributed by atoms with van der Waals surface area (Å²) in [5.74, 6) is -0.266. The van der Waals surface area contributed by atoms with Crippen LogP contribution in [0.2, 0.25) is 0 Å². The van der Waals surface area contributed by atoms with Crippen molar-refractivity contribution in [2.45, 2.75) is 0 Å². The van der Waals surface area contributed by atoms with Crippen molar-refractivity contribution in [2.75, 3.05) is 11.1 Å². The van der Waals surface area contributed by atoms with Gasteiger partial charge in [0.15, 0.2) is 0 Å². The second-order valence-electron chi connectivity index (χ2n) is 3.60. The van der Waals surface area contributed by atoms with Crippen LogP contribution in [-0.2, 0) is 0 Å². The van der Waals surface area contributed by atoms with Gasteiger partial charge in [-0.2, -0.15) is 5.26 Å². The number of rotatable bonds is 2. The summed E-state index contributed by atoms with van der Waals surface area (Å²) in [5, 5.41) is 11.7. The molecule has 1 amide bonds. The molecule has 96 valence electrons. The second-order valence-corrected chi connectivity index (χ2v) is 6.83. The maximum Gasteiger partial charge on any atom is 0.265 e. The Morgan fingerprint density at radius 3 is 2.68 bits per heavy atom. The maximum absolute atomic E-state index is 12.0. The molecule has 7 heteroatoms. The lowest BCUT2D eigenvalue weighted by Gasteiger charge is -2.06. The van der Waals surface area contributed by atoms with Crippen LogP contribution < -0.4 is 11.1 Å². The molecule has 0 saturated carbocycles. The van der Waals surface area contributed by atoms with Crippen LogP contribution in [0.1, 0.15) is 15.2 Å². The molecule has 1 aromatic heterocycles. The molecule has 0 radical (unpaired) electrons. The number of nitrogens with zero attached hydrogens (tertiary/aromatic N) is 1. The van der Waals surface area contributed by atoms with E-state index in [2.05, 4.69) is 37.2 Å². The minimum Gasteiger partial charge on any atom is -0.399 e. The van der Waals surface area contributed by atoms with E-state index in [0.717, 1.165) is 8.26 Å². The van der Waals surface area contributed by atoms with Gasteiger partial charge in [0, 0.05) is 10.2 Å². The van der Waals surface area contributed by atoms with Gasteiger partial charge in [-0.05, 0) is 56.1 Å². The van der Waals surface area contributed by atoms with E-state index in [4.69, 9.17) is 11.0 Å². The van der Waals surface area contributed by atoms with Crippen LogP contribution in [0, 0.1) is 11.3 Å². The number of carbonyl (C=O) groups excluding carboxylic acids is 1. The summed E-state index contributed by atoms with van der Waals surface area (Å²) in [5.41, 5.74) is 6.86. The Morgan fingerprint density at radius 2 is 2.11 bits per heavy atom. The van der Waals surface area contributed by atoms with Gasteiger partial charge in [-0.3, -0.25) is 4.79 Å². The topological polar surface area (TPSA) is 78.9 Å². The van der Waals surface area contributed by atoms with E-state index in [1.165, 1.54) is 17.4 Å². The Bertz CT molecular complexity index is 671. The number of halogens is 2. The van der Waals surface area contributed by atoms with E-state index >= 15 is 0 Å². The predicted octanol–water partition coefficient (Wildman–Crippen LogP) is 3.98. The smallest absolute Gasteiger partial charge is 0.265 e. The molecule has 0 unspecified atom stereocenters. The van der Waals surface area contributed by atoms with Crippen LogP contribution in [0.3, 0.4) is 0 Å². The molecule has 1 aromatic carbocycles. The fourth-order valence-electron chi connectivity index (χ4n) is 1.41. The molecule has 0 bridgehead atoms. The molecule has 0 aliphatic heterocycles. The lowest BCUT2D eigenvalue weighted by Crippen LogP contribution is -2.11. The molecular weight excluding hydrogens is 394 g/mol. The lowest BCUT2D eigenvalue weighted by atomic mass is 10.1. The van der Waals surface area contributed by atoms with Gasteiger partial charge in [-0.1, -0.05) is 0 Å². The Morgan fingerprint density at radius 1 is 1.37 bits per heavy atom. The average molecular weight is 401 g/mol. The van der Waals surface area contributed by atoms with E-state index in [0.29, 0.717) is 21.8 Å². The highest BCUT2D eigenvalue weighted by Gasteiger charge is 2.13. The largest absolute Gasteiger partial charge is 0.399 e. The van der Waals surface area contributed by atoms with Crippen molar-refractivity contribution in [3.8, 4) is 6.07 Å². The number of hydrogen-bond acceptors (Lipinski definition) is 4. The summed E-state index contributed by atoms with van der Waals surface area (Å²) >= 11 is 7.96. The standard InChI is InChI=1S/C12H7Br2N3OS/c13-8-4-10(19-11(8)14)12(18)17-9-2-1-7(16)3-6(9)5-15/h1-4H,16H2,(H,17,18). The van der Waals surface area contributed by atoms with Crippen molar-refractivity contribution < 1.29 is 4.79 Å². The molecular formula is C12H7Br2N3OS. The fraction of sp³-hybridized carbons (Fsp3) is 0. The molecule has 2 rings (SSSR count). The highest BCUT2D eigenvalue weighted by molar-refractivity contribution is 9.13. The summed E-state index contributed by atoms with van der Waals surface area (Å²) in [6, 6.07) is 8.49. The van der Waals surface area contributed by atoms with Crippen LogP contribution in [0.4, 0.5) is 11.4 Å². The van der Waals surface area contributed by atoms with Crippen LogP contribution in [0.15, 0.2) is 32.5 Å². The molecule has 19 heavy (non-hydrogen) atoms. The maximum atomic E-state index is 12.0. The first-order chi connectivity index (χ1) is 9.01. The number of amides is 1. The van der Waals surface area contributed by atoms with Gasteiger partial charge in [0.25, 0.3) is 5.91 Å². The van der Waals surface area contributed by atoms with E-state index in [1.54, 1.807) is 18.2 Å². The minimum atomic E-state index is -0.266. The first kappa shape index (κ1) is 14.1. The number of thiophene rings is 1. The molecule has 0 aliphatic rings. The number of nitrogens with two attached hydrogens (primary N) is 1. The SMILES string of the molecule is N#Cc1cc(N)ccc1NC(=O)c1cc(Br)c(Br)s1. The molecule has 3 N–H and O–H groups in total. The summed E-state index contributed by atoms with van der Waals surface area (Å²) in [7, 11) is 0. The third-order valence-corrected chi connectivity index (χ3v) is 5.54. The van der Waals surface area contributed by atoms with Crippen molar-refractivity contribution >= 4 is 60.5 Å². The van der Waals surface area contributed by atoms with Gasteiger partial charge in [0.2, 0.25) is 0 Å². The summed E-state index contributed by atoms with van der Waals surface area (Å²) < 4.78 is 1.66. The first-order valence-corrected chi connectivity index (χ1v) is 7.47. The van der Waals surface area contributed by atoms with Gasteiger partial charge in [0.05, 0.1) is 19.9 Å². The molecule has 2 aromatic rings. The number of anilines is 2. The number of carbonyl (C=O) groups is 1. The van der Waals surface area contributed by atoms with Gasteiger partial charge in [0.1, 0.15) is 6.07 Å². The van der Waals surface area contributed by atoms with Crippen molar-refractivity contribution in [2.24, 2.45) is 0 Å². The molecule has 1 heterocycles. The van der Waals surface area contributed by atoms with Crippen LogP contribution in [0.25, 0.3) is 0 Å². The van der Waals surface area contributed by atoms with E-state index < -0.39 is 0 Å². The molecule has 0 saturated heterocycles. The zero-order chi connectivity index (χ0) is 14.0. The van der Waals surface area contributed by atoms with Crippen molar-refractivity contribution in [1.82, 2.24) is 0 Å². The van der Waals surface area contributed by atoms with E-state index in [-0.39, 0.29) is 5.91 Å². The summed E-state index contributed by atoms with van der Waals surface area (Å²) in [4.78, 5) is 12.6. The number of benzene rings is 1. The Balaban J connectivity index is 2.27. The highest BCUT2D eigenvalue weighted by atomic mass is 79.9. The predicted molar refractivity (Wildman–Crippen MR) is 83.2 cm³/mol. The fourth-order valence-corrected chi connectivity index (χ4v) is 3.34. The van der Waals surface area contributed by atoms with Crippen molar-refractivity contribution in [3.05, 3.63) is 43.0 Å². The van der Waals surface area contributed by atoms with E-state index in [9.17, 15) is 4.79 Å². The second kappa shape index (κ2) is 5.74. The Hall–Kier alpha value is -1.36. The number of hydrogen-bond donors (Lipinski definition) is 2. The molecule has 0 aliphatic carbocycles. The average Bonchev–Trinajstić information content (AvgIpc) is 2.72. The first-order valence-electron chi connectivity index (χ1n) is 5.07. The molecule has 0 fully saturated rings. The van der Waals surface area contributed by atoms with Gasteiger partial charge in [-0.15, -0.1) is 11.3 Å². The summed E-state index contributed by atoms with van der Waals surface area (Å²) in [6.45, 7) is 0. The zero-order valence-electron chi connectivity index (χ0n) is 9.41. The van der Waals surface area contributed by atoms with Crippen LogP contribution in [-0.4, -0.2) is 5.91 Å². The van der Waals surface area contributed by atoms with E-state index in [1.807, 2.05) is 6.07 Å². The van der Waals surface area contributed by atoms with Crippen LogP contribution >= 0.6 is 43.2 Å². The molecule has 4 nitrogen and oxygen atoms in total. The van der Waals surface area contributed by atoms with Gasteiger partial charge < -0.3 is 11.1 Å². The third kappa shape index (κ3) is 3.15. The van der Waals surface area contributed by atoms with Gasteiger partial charge >= 0.3 is 0 Å². The van der Waals surface area contributed by atoms with Gasteiger partial charge in [-0.25, -0.2) is 0 Å². The number of nitrogens with one attached hydrogen (secondary N) is 1. The van der Waals surface area contributed by atoms with Crippen molar-refractivity contribution in [1.29, 1.82) is 5.26 Å². The number of nitrogen functional groups attached to an aromatic ring is 1. The van der Waals surface area contributed by atoms with Crippen molar-refractivity contribution in [3.63, 3.8) is 0 Å². The highest BCUT2D eigenvalue weighted by Crippen LogP contribution is 2.32. The normalized spacial score (nSPS) is 9.95. The quantitative estimate of drug-likeness (QED) is 0.748. The molecule has 0 spiro atoms. The zero-order valence-corrected chi connectivity index (χ0v) is 13.4. The third-order valence-electron chi connectivity index (χ3n) is 2.28. The monoisotopic (exact) mass is 399 g/mol. The number of nitriles is 1.